The molecule has 0 N–H and O–H groups in total. The van der Waals surface area contributed by atoms with Gasteiger partial charge in [-0.15, -0.1) is 19.0 Å². The Labute approximate surface area is 101 Å². The lowest BCUT2D eigenvalue weighted by atomic mass is 10.3. The summed E-state index contributed by atoms with van der Waals surface area (Å²) in [7, 11) is -3.34. The van der Waals surface area contributed by atoms with Crippen LogP contribution in [0.2, 0.25) is 0 Å². The number of hydrazine groups is 1. The fourth-order valence-corrected chi connectivity index (χ4v) is 2.79. The number of fused-ring (bicyclic) bond motifs is 1. The van der Waals surface area contributed by atoms with Crippen LogP contribution in [0.5, 0.6) is 0 Å². The molecule has 3 heterocycles. The molecule has 9 heteroatoms. The van der Waals surface area contributed by atoms with Crippen LogP contribution in [0.1, 0.15) is 0 Å². The normalized spacial score (nSPS) is 32.9. The van der Waals surface area contributed by atoms with E-state index in [1.165, 1.54) is 5.17 Å². The lowest BCUT2D eigenvalue weighted by Gasteiger charge is -2.21. The molecule has 0 unspecified atom stereocenters. The Kier molecular flexibility index (Phi) is 2.23. The number of halogens is 2. The molecule has 4 rings (SSSR count). The summed E-state index contributed by atoms with van der Waals surface area (Å²) in [6, 6.07) is 5.44. The van der Waals surface area contributed by atoms with Crippen molar-refractivity contribution in [1.29, 1.82) is 0 Å². The second-order valence-electron chi connectivity index (χ2n) is 2.80. The molecule has 15 heavy (non-hydrogen) atoms. The summed E-state index contributed by atoms with van der Waals surface area (Å²) in [4.78, 5) is 0. The Morgan fingerprint density at radius 1 is 1.20 bits per heavy atom. The van der Waals surface area contributed by atoms with Crippen LogP contribution in [0.25, 0.3) is 0 Å². The average Bonchev–Trinajstić information content (AvgIpc) is 2.62. The molecule has 3 aliphatic rings. The number of rotatable bonds is 1. The molecule has 0 saturated carbocycles. The average molecular weight is 358 g/mol. The van der Waals surface area contributed by atoms with E-state index >= 15 is 0 Å². The number of phosphoric acid groups is 1. The first-order valence-corrected chi connectivity index (χ1v) is 6.86. The minimum atomic E-state index is -3.34. The predicted molar refractivity (Wildman–Crippen MR) is 57.0 cm³/mol. The Bertz CT molecular complexity index is 474. The van der Waals surface area contributed by atoms with Gasteiger partial charge in [0.15, 0.2) is 0 Å². The second kappa shape index (κ2) is 3.27. The van der Waals surface area contributed by atoms with Crippen LogP contribution in [-0.4, -0.2) is 5.34 Å². The maximum absolute atomic E-state index is 11.3. The van der Waals surface area contributed by atoms with E-state index in [0.717, 1.165) is 14.3 Å². The maximum atomic E-state index is 11.3. The minimum Gasteiger partial charge on any atom is -0.222 e. The molecule has 0 radical (unpaired) electrons. The zero-order chi connectivity index (χ0) is 10.6. The van der Waals surface area contributed by atoms with E-state index in [9.17, 15) is 4.57 Å². The molecule has 0 atom stereocenters. The van der Waals surface area contributed by atoms with Crippen molar-refractivity contribution in [2.75, 3.05) is 5.17 Å². The molecule has 3 fully saturated rings. The van der Waals surface area contributed by atoms with Gasteiger partial charge in [0.05, 0.1) is 5.34 Å². The summed E-state index contributed by atoms with van der Waals surface area (Å²) in [6.07, 6.45) is 0. The minimum absolute atomic E-state index is 0.625. The van der Waals surface area contributed by atoms with Crippen molar-refractivity contribution in [3.8, 4) is 0 Å². The van der Waals surface area contributed by atoms with Gasteiger partial charge in [0, 0.05) is 8.95 Å². The number of hydrogen-bond donors (Lipinski definition) is 0. The van der Waals surface area contributed by atoms with Crippen LogP contribution in [0.4, 0.5) is 5.69 Å². The van der Waals surface area contributed by atoms with E-state index in [-0.39, 0.29) is 0 Å². The van der Waals surface area contributed by atoms with Crippen LogP contribution < -0.4 is 5.17 Å². The highest BCUT2D eigenvalue weighted by atomic mass is 79.9. The third kappa shape index (κ3) is 1.57. The van der Waals surface area contributed by atoms with Crippen molar-refractivity contribution in [1.82, 2.24) is 5.34 Å². The molecule has 6 nitrogen and oxygen atoms in total. The summed E-state index contributed by atoms with van der Waals surface area (Å²) in [5, 5.41) is 2.10. The molecule has 1 aromatic rings. The maximum Gasteiger partial charge on any atom is 0.538 e. The van der Waals surface area contributed by atoms with Gasteiger partial charge in [-0.3, -0.25) is 0 Å². The zero-order valence-electron chi connectivity index (χ0n) is 6.96. The largest absolute Gasteiger partial charge is 0.538 e. The van der Waals surface area contributed by atoms with Crippen LogP contribution >= 0.6 is 39.7 Å². The Hall–Kier alpha value is 0.0500. The summed E-state index contributed by atoms with van der Waals surface area (Å²) in [5.74, 6) is 0. The highest BCUT2D eigenvalue weighted by Crippen LogP contribution is 2.67. The van der Waals surface area contributed by atoms with E-state index in [1.54, 1.807) is 6.07 Å². The van der Waals surface area contributed by atoms with Gasteiger partial charge in [-0.05, 0) is 34.1 Å². The van der Waals surface area contributed by atoms with Gasteiger partial charge in [-0.1, -0.05) is 15.9 Å². The van der Waals surface area contributed by atoms with Gasteiger partial charge in [-0.25, -0.2) is 4.57 Å². The van der Waals surface area contributed by atoms with Crippen LogP contribution in [0.15, 0.2) is 27.1 Å². The fraction of sp³-hybridized carbons (Fsp3) is 0. The Morgan fingerprint density at radius 2 is 1.93 bits per heavy atom. The number of benzene rings is 1. The molecular weight excluding hydrogens is 355 g/mol. The van der Waals surface area contributed by atoms with Crippen LogP contribution in [0, 0.1) is 0 Å². The molecule has 0 aliphatic carbocycles. The van der Waals surface area contributed by atoms with E-state index in [0.29, 0.717) is 5.69 Å². The van der Waals surface area contributed by atoms with Crippen LogP contribution in [-0.2, 0) is 18.4 Å². The summed E-state index contributed by atoms with van der Waals surface area (Å²) < 4.78 is 27.3. The number of nitrogens with zero attached hydrogens (tertiary/aromatic N) is 2. The molecule has 3 aliphatic heterocycles. The lowest BCUT2D eigenvalue weighted by Crippen LogP contribution is -2.34. The molecule has 80 valence electrons. The highest BCUT2D eigenvalue weighted by Gasteiger charge is 2.60. The topological polar surface area (TPSA) is 51.2 Å². The van der Waals surface area contributed by atoms with Gasteiger partial charge in [0.1, 0.15) is 5.69 Å². The van der Waals surface area contributed by atoms with Gasteiger partial charge in [0.2, 0.25) is 0 Å². The molecule has 1 aromatic carbocycles. The summed E-state index contributed by atoms with van der Waals surface area (Å²) in [6.45, 7) is 0. The lowest BCUT2D eigenvalue weighted by molar-refractivity contribution is -0.318. The molecule has 3 saturated heterocycles. The molecule has 0 aromatic heterocycles. The SMILES string of the molecule is O=P12ON(O1)N(c1cc(Br)ccc1Br)O2. The van der Waals surface area contributed by atoms with Crippen LogP contribution in [0.3, 0.4) is 0 Å². The van der Waals surface area contributed by atoms with E-state index in [2.05, 4.69) is 31.9 Å². The standard InChI is InChI=1S/C6H3Br2N2O4P/c7-4-1-2-5(8)6(3-4)9-10-13-15(11,12-9)14-10/h1-3H. The highest BCUT2D eigenvalue weighted by molar-refractivity contribution is 9.11. The molecular formula is C6H3Br2N2O4P. The predicted octanol–water partition coefficient (Wildman–Crippen LogP) is 3.17. The Balaban J connectivity index is 2.00. The van der Waals surface area contributed by atoms with Gasteiger partial charge >= 0.3 is 7.82 Å². The fourth-order valence-electron chi connectivity index (χ4n) is 1.16. The molecule has 0 spiro atoms. The van der Waals surface area contributed by atoms with Crippen molar-refractivity contribution in [2.45, 2.75) is 0 Å². The molecule has 2 bridgehead atoms. The van der Waals surface area contributed by atoms with Gasteiger partial charge < -0.3 is 0 Å². The van der Waals surface area contributed by atoms with E-state index in [1.807, 2.05) is 12.1 Å². The third-order valence-corrected chi connectivity index (χ3v) is 3.98. The van der Waals surface area contributed by atoms with Crippen molar-refractivity contribution in [3.63, 3.8) is 0 Å². The van der Waals surface area contributed by atoms with E-state index in [4.69, 9.17) is 13.9 Å². The smallest absolute Gasteiger partial charge is 0.222 e. The first kappa shape index (κ1) is 10.2. The van der Waals surface area contributed by atoms with E-state index < -0.39 is 7.82 Å². The quantitative estimate of drug-likeness (QED) is 0.719. The first-order chi connectivity index (χ1) is 7.07. The Morgan fingerprint density at radius 3 is 2.53 bits per heavy atom. The summed E-state index contributed by atoms with van der Waals surface area (Å²) in [5.41, 5.74) is 0.625. The third-order valence-electron chi connectivity index (χ3n) is 1.78. The molecule has 0 amide bonds. The van der Waals surface area contributed by atoms with Crippen molar-refractivity contribution in [3.05, 3.63) is 27.1 Å². The first-order valence-electron chi connectivity index (χ1n) is 3.82. The van der Waals surface area contributed by atoms with Crippen molar-refractivity contribution >= 4 is 45.4 Å². The van der Waals surface area contributed by atoms with Crippen molar-refractivity contribution < 1.29 is 18.4 Å². The summed E-state index contributed by atoms with van der Waals surface area (Å²) >= 11 is 6.65. The number of hydrogen-bond acceptors (Lipinski definition) is 6. The monoisotopic (exact) mass is 356 g/mol. The number of anilines is 1. The zero-order valence-corrected chi connectivity index (χ0v) is 11.0. The van der Waals surface area contributed by atoms with Gasteiger partial charge in [0.25, 0.3) is 0 Å². The van der Waals surface area contributed by atoms with Gasteiger partial charge in [-0.2, -0.15) is 0 Å². The van der Waals surface area contributed by atoms with Crippen molar-refractivity contribution in [2.24, 2.45) is 0 Å². The second-order valence-corrected chi connectivity index (χ2v) is 5.95.